The summed E-state index contributed by atoms with van der Waals surface area (Å²) in [5.41, 5.74) is 3.33. The molecule has 0 aromatic heterocycles. The van der Waals surface area contributed by atoms with Crippen molar-refractivity contribution >= 4 is 17.5 Å². The fourth-order valence-electron chi connectivity index (χ4n) is 3.88. The highest BCUT2D eigenvalue weighted by molar-refractivity contribution is 5.92. The van der Waals surface area contributed by atoms with E-state index in [0.29, 0.717) is 6.54 Å². The first kappa shape index (κ1) is 22.9. The van der Waals surface area contributed by atoms with Gasteiger partial charge in [-0.1, -0.05) is 31.2 Å². The van der Waals surface area contributed by atoms with E-state index in [2.05, 4.69) is 28.8 Å². The summed E-state index contributed by atoms with van der Waals surface area (Å²) in [4.78, 5) is 26.4. The number of amides is 2. The molecule has 0 fully saturated rings. The van der Waals surface area contributed by atoms with Gasteiger partial charge >= 0.3 is 0 Å². The van der Waals surface area contributed by atoms with E-state index in [1.54, 1.807) is 4.90 Å². The third-order valence-electron chi connectivity index (χ3n) is 5.66. The monoisotopic (exact) mass is 429 g/mol. The van der Waals surface area contributed by atoms with Crippen molar-refractivity contribution in [3.05, 3.63) is 64.7 Å². The highest BCUT2D eigenvalue weighted by Gasteiger charge is 2.18. The Morgan fingerprint density at radius 1 is 1.00 bits per heavy atom. The van der Waals surface area contributed by atoms with Gasteiger partial charge in [-0.3, -0.25) is 14.5 Å². The Bertz CT molecular complexity index is 928. The Hall–Kier alpha value is -2.80. The third-order valence-corrected chi connectivity index (χ3v) is 5.66. The summed E-state index contributed by atoms with van der Waals surface area (Å²) in [6, 6.07) is 9.61. The molecule has 1 aliphatic carbocycles. The number of fused-ring (bicyclic) bond motifs is 1. The van der Waals surface area contributed by atoms with Crippen LogP contribution >= 0.6 is 0 Å². The normalized spacial score (nSPS) is 14.1. The van der Waals surface area contributed by atoms with Crippen LogP contribution in [0.5, 0.6) is 0 Å². The number of benzene rings is 2. The molecule has 0 spiro atoms. The van der Waals surface area contributed by atoms with E-state index in [1.165, 1.54) is 30.0 Å². The van der Waals surface area contributed by atoms with Crippen molar-refractivity contribution < 1.29 is 18.4 Å². The number of halogens is 2. The van der Waals surface area contributed by atoms with E-state index in [9.17, 15) is 18.4 Å². The molecule has 0 bridgehead atoms. The SMILES string of the molecule is CCN(CC(=O)Nc1c(F)cccc1F)CC(=O)NC(C)c1ccc2c(c1)CCCC2. The Morgan fingerprint density at radius 3 is 2.32 bits per heavy atom. The standard InChI is InChI=1S/C24H29F2N3O2/c1-3-29(15-23(31)28-24-20(25)9-6-10-21(24)26)14-22(30)27-16(2)18-12-11-17-7-4-5-8-19(17)13-18/h6,9-13,16H,3-5,7-8,14-15H2,1-2H3,(H,27,30)(H,28,31). The summed E-state index contributed by atoms with van der Waals surface area (Å²) in [5.74, 6) is -2.47. The van der Waals surface area contributed by atoms with Crippen LogP contribution in [0.3, 0.4) is 0 Å². The van der Waals surface area contributed by atoms with Gasteiger partial charge in [0, 0.05) is 0 Å². The average Bonchev–Trinajstić information content (AvgIpc) is 2.75. The lowest BCUT2D eigenvalue weighted by atomic mass is 9.89. The second-order valence-electron chi connectivity index (χ2n) is 7.97. The van der Waals surface area contributed by atoms with Crippen molar-refractivity contribution in [3.8, 4) is 0 Å². The highest BCUT2D eigenvalue weighted by Crippen LogP contribution is 2.24. The highest BCUT2D eigenvalue weighted by atomic mass is 19.1. The van der Waals surface area contributed by atoms with E-state index in [-0.39, 0.29) is 25.0 Å². The molecule has 3 rings (SSSR count). The number of nitrogens with one attached hydrogen (secondary N) is 2. The first-order valence-corrected chi connectivity index (χ1v) is 10.7. The zero-order valence-corrected chi connectivity index (χ0v) is 18.0. The number of rotatable bonds is 8. The number of nitrogens with zero attached hydrogens (tertiary/aromatic N) is 1. The molecule has 1 aliphatic rings. The quantitative estimate of drug-likeness (QED) is 0.667. The molecule has 5 nitrogen and oxygen atoms in total. The van der Waals surface area contributed by atoms with Crippen LogP contribution in [0.15, 0.2) is 36.4 Å². The lowest BCUT2D eigenvalue weighted by molar-refractivity contribution is -0.123. The van der Waals surface area contributed by atoms with Crippen molar-refractivity contribution in [1.82, 2.24) is 10.2 Å². The van der Waals surface area contributed by atoms with Crippen LogP contribution in [0.4, 0.5) is 14.5 Å². The van der Waals surface area contributed by atoms with Crippen LogP contribution in [0.25, 0.3) is 0 Å². The number of aryl methyl sites for hydroxylation is 2. The lowest BCUT2D eigenvalue weighted by Gasteiger charge is -2.23. The average molecular weight is 430 g/mol. The predicted octanol–water partition coefficient (Wildman–Crippen LogP) is 3.98. The summed E-state index contributed by atoms with van der Waals surface area (Å²) in [7, 11) is 0. The van der Waals surface area contributed by atoms with Crippen molar-refractivity contribution in [2.45, 2.75) is 45.6 Å². The number of likely N-dealkylation sites (N-methyl/N-ethyl adjacent to an activating group) is 1. The van der Waals surface area contributed by atoms with E-state index in [0.717, 1.165) is 30.5 Å². The fourth-order valence-corrected chi connectivity index (χ4v) is 3.88. The molecule has 0 heterocycles. The summed E-state index contributed by atoms with van der Waals surface area (Å²) in [6.07, 6.45) is 4.61. The lowest BCUT2D eigenvalue weighted by Crippen LogP contribution is -2.41. The first-order valence-electron chi connectivity index (χ1n) is 10.7. The number of carbonyl (C=O) groups is 2. The molecule has 2 amide bonds. The van der Waals surface area contributed by atoms with Gasteiger partial charge in [-0.25, -0.2) is 8.78 Å². The molecule has 1 atom stereocenters. The van der Waals surface area contributed by atoms with E-state index in [1.807, 2.05) is 13.8 Å². The summed E-state index contributed by atoms with van der Waals surface area (Å²) >= 11 is 0. The molecule has 2 aromatic carbocycles. The minimum absolute atomic E-state index is 0.0129. The molecule has 0 aliphatic heterocycles. The summed E-state index contributed by atoms with van der Waals surface area (Å²) in [5, 5.41) is 5.23. The Balaban J connectivity index is 1.54. The zero-order chi connectivity index (χ0) is 22.4. The molecular weight excluding hydrogens is 400 g/mol. The maximum atomic E-state index is 13.7. The van der Waals surface area contributed by atoms with E-state index < -0.39 is 23.2 Å². The molecule has 0 radical (unpaired) electrons. The van der Waals surface area contributed by atoms with Gasteiger partial charge in [0.05, 0.1) is 19.1 Å². The largest absolute Gasteiger partial charge is 0.348 e. The van der Waals surface area contributed by atoms with E-state index in [4.69, 9.17) is 0 Å². The van der Waals surface area contributed by atoms with Crippen LogP contribution in [-0.2, 0) is 22.4 Å². The number of hydrogen-bond donors (Lipinski definition) is 2. The minimum atomic E-state index is -0.840. The smallest absolute Gasteiger partial charge is 0.238 e. The van der Waals surface area contributed by atoms with Gasteiger partial charge in [-0.2, -0.15) is 0 Å². The second-order valence-corrected chi connectivity index (χ2v) is 7.97. The van der Waals surface area contributed by atoms with Crippen LogP contribution in [-0.4, -0.2) is 36.3 Å². The third kappa shape index (κ3) is 6.10. The van der Waals surface area contributed by atoms with Crippen molar-refractivity contribution in [3.63, 3.8) is 0 Å². The van der Waals surface area contributed by atoms with Gasteiger partial charge in [0.2, 0.25) is 11.8 Å². The minimum Gasteiger partial charge on any atom is -0.348 e. The van der Waals surface area contributed by atoms with Crippen LogP contribution in [0.1, 0.15) is 49.4 Å². The van der Waals surface area contributed by atoms with Gasteiger partial charge in [0.15, 0.2) is 0 Å². The van der Waals surface area contributed by atoms with E-state index >= 15 is 0 Å². The van der Waals surface area contributed by atoms with Crippen molar-refractivity contribution in [2.75, 3.05) is 25.0 Å². The zero-order valence-electron chi connectivity index (χ0n) is 18.0. The number of para-hydroxylation sites is 1. The molecule has 7 heteroatoms. The summed E-state index contributed by atoms with van der Waals surface area (Å²) in [6.45, 7) is 4.06. The maximum absolute atomic E-state index is 13.7. The Morgan fingerprint density at radius 2 is 1.65 bits per heavy atom. The molecule has 1 unspecified atom stereocenters. The number of anilines is 1. The fraction of sp³-hybridized carbons (Fsp3) is 0.417. The topological polar surface area (TPSA) is 61.4 Å². The molecule has 0 saturated heterocycles. The van der Waals surface area contributed by atoms with Gasteiger partial charge in [0.25, 0.3) is 0 Å². The van der Waals surface area contributed by atoms with Gasteiger partial charge in [0.1, 0.15) is 17.3 Å². The second kappa shape index (κ2) is 10.5. The molecule has 0 saturated carbocycles. The number of carbonyl (C=O) groups excluding carboxylic acids is 2. The van der Waals surface area contributed by atoms with Crippen LogP contribution < -0.4 is 10.6 Å². The molecule has 2 aromatic rings. The van der Waals surface area contributed by atoms with Crippen LogP contribution in [0.2, 0.25) is 0 Å². The Labute approximate surface area is 181 Å². The molecule has 31 heavy (non-hydrogen) atoms. The van der Waals surface area contributed by atoms with Crippen molar-refractivity contribution in [2.24, 2.45) is 0 Å². The number of hydrogen-bond acceptors (Lipinski definition) is 3. The molecule has 166 valence electrons. The van der Waals surface area contributed by atoms with Gasteiger partial charge in [-0.05, 0) is 68.0 Å². The van der Waals surface area contributed by atoms with Gasteiger partial charge in [-0.15, -0.1) is 0 Å². The van der Waals surface area contributed by atoms with Gasteiger partial charge < -0.3 is 10.6 Å². The predicted molar refractivity (Wildman–Crippen MR) is 117 cm³/mol. The molecular formula is C24H29F2N3O2. The van der Waals surface area contributed by atoms with Crippen molar-refractivity contribution in [1.29, 1.82) is 0 Å². The summed E-state index contributed by atoms with van der Waals surface area (Å²) < 4.78 is 27.4. The van der Waals surface area contributed by atoms with Crippen LogP contribution in [0, 0.1) is 11.6 Å². The first-order chi connectivity index (χ1) is 14.9. The Kier molecular flexibility index (Phi) is 7.74. The maximum Gasteiger partial charge on any atom is 0.238 e. The molecule has 2 N–H and O–H groups in total.